The number of hydrogen-bond donors (Lipinski definition) is 1. The molecule has 170 valence electrons. The lowest BCUT2D eigenvalue weighted by Gasteiger charge is -2.17. The number of rotatable bonds is 9. The predicted molar refractivity (Wildman–Crippen MR) is 113 cm³/mol. The summed E-state index contributed by atoms with van der Waals surface area (Å²) in [4.78, 5) is 12.6. The number of halogens is 3. The van der Waals surface area contributed by atoms with Crippen LogP contribution in [-0.4, -0.2) is 40.4 Å². The van der Waals surface area contributed by atoms with Gasteiger partial charge in [0.2, 0.25) is 5.91 Å². The molecule has 0 bridgehead atoms. The van der Waals surface area contributed by atoms with Gasteiger partial charge in [0.25, 0.3) is 0 Å². The molecule has 2 aromatic rings. The lowest BCUT2D eigenvalue weighted by atomic mass is 10.2. The average Bonchev–Trinajstić information content (AvgIpc) is 2.70. The Labute approximate surface area is 184 Å². The number of sulfone groups is 1. The van der Waals surface area contributed by atoms with Gasteiger partial charge in [-0.1, -0.05) is 17.7 Å². The number of ether oxygens (including phenoxy) is 3. The molecule has 0 spiro atoms. The number of nitrogens with one attached hydrogen (secondary N) is 1. The fraction of sp³-hybridized carbons (Fsp3) is 0.350. The van der Waals surface area contributed by atoms with E-state index < -0.39 is 33.4 Å². The summed E-state index contributed by atoms with van der Waals surface area (Å²) in [6.45, 7) is -0.0710. The van der Waals surface area contributed by atoms with E-state index in [1.807, 2.05) is 0 Å². The fourth-order valence-electron chi connectivity index (χ4n) is 2.68. The third-order valence-corrected chi connectivity index (χ3v) is 6.89. The first kappa shape index (κ1) is 24.7. The molecule has 0 unspecified atom stereocenters. The summed E-state index contributed by atoms with van der Waals surface area (Å²) in [6.07, 6.45) is 0. The Kier molecular flexibility index (Phi) is 8.08. The lowest BCUT2D eigenvalue weighted by molar-refractivity contribution is -0.115. The van der Waals surface area contributed by atoms with Gasteiger partial charge in [0.1, 0.15) is 11.0 Å². The number of benzene rings is 2. The molecule has 0 aliphatic carbocycles. The Bertz CT molecular complexity index is 1060. The number of alkyl halides is 2. The van der Waals surface area contributed by atoms with Crippen molar-refractivity contribution in [2.45, 2.75) is 31.5 Å². The van der Waals surface area contributed by atoms with E-state index in [0.29, 0.717) is 10.6 Å². The molecule has 1 atom stereocenters. The van der Waals surface area contributed by atoms with Gasteiger partial charge in [0, 0.05) is 11.1 Å². The van der Waals surface area contributed by atoms with Crippen LogP contribution in [0, 0.1) is 6.92 Å². The van der Waals surface area contributed by atoms with E-state index in [1.165, 1.54) is 45.4 Å². The molecule has 11 heteroatoms. The third kappa shape index (κ3) is 6.20. The molecule has 2 aromatic carbocycles. The van der Waals surface area contributed by atoms with Crippen LogP contribution in [-0.2, 0) is 20.4 Å². The molecule has 0 radical (unpaired) electrons. The van der Waals surface area contributed by atoms with Crippen molar-refractivity contribution in [3.63, 3.8) is 0 Å². The highest BCUT2D eigenvalue weighted by Gasteiger charge is 2.29. The van der Waals surface area contributed by atoms with Gasteiger partial charge in [-0.3, -0.25) is 4.79 Å². The smallest absolute Gasteiger partial charge is 0.387 e. The van der Waals surface area contributed by atoms with Gasteiger partial charge in [-0.2, -0.15) is 8.78 Å². The van der Waals surface area contributed by atoms with Gasteiger partial charge >= 0.3 is 6.61 Å². The minimum absolute atomic E-state index is 0.0496. The molecule has 0 aliphatic rings. The number of amides is 1. The SMILES string of the molecule is COc1cc(Cl)c(C)cc1NC(=O)[C@@H](C)S(=O)(=O)Cc1ccc(OC(F)F)c(OC)c1. The first-order valence-electron chi connectivity index (χ1n) is 8.96. The van der Waals surface area contributed by atoms with Crippen LogP contribution in [0.4, 0.5) is 14.5 Å². The predicted octanol–water partition coefficient (Wildman–Crippen LogP) is 4.21. The van der Waals surface area contributed by atoms with Crippen molar-refractivity contribution in [1.82, 2.24) is 0 Å². The second-order valence-corrected chi connectivity index (χ2v) is 9.33. The minimum atomic E-state index is -3.95. The van der Waals surface area contributed by atoms with E-state index in [-0.39, 0.29) is 28.5 Å². The van der Waals surface area contributed by atoms with E-state index in [1.54, 1.807) is 13.0 Å². The number of aryl methyl sites for hydroxylation is 1. The van der Waals surface area contributed by atoms with Gasteiger partial charge in [0.15, 0.2) is 21.3 Å². The number of methoxy groups -OCH3 is 2. The van der Waals surface area contributed by atoms with Crippen LogP contribution in [0.25, 0.3) is 0 Å². The summed E-state index contributed by atoms with van der Waals surface area (Å²) in [5, 5.41) is 1.57. The molecule has 0 aromatic heterocycles. The van der Waals surface area contributed by atoms with Crippen LogP contribution in [0.5, 0.6) is 17.2 Å². The number of carbonyl (C=O) groups is 1. The van der Waals surface area contributed by atoms with Gasteiger partial charge in [-0.25, -0.2) is 8.42 Å². The highest BCUT2D eigenvalue weighted by molar-refractivity contribution is 7.92. The maximum Gasteiger partial charge on any atom is 0.387 e. The van der Waals surface area contributed by atoms with Crippen LogP contribution in [0.1, 0.15) is 18.1 Å². The summed E-state index contributed by atoms with van der Waals surface area (Å²) < 4.78 is 64.9. The van der Waals surface area contributed by atoms with Crippen LogP contribution >= 0.6 is 11.6 Å². The van der Waals surface area contributed by atoms with E-state index in [4.69, 9.17) is 21.1 Å². The van der Waals surface area contributed by atoms with E-state index >= 15 is 0 Å². The van der Waals surface area contributed by atoms with Crippen molar-refractivity contribution in [1.29, 1.82) is 0 Å². The van der Waals surface area contributed by atoms with Crippen molar-refractivity contribution in [2.24, 2.45) is 0 Å². The zero-order valence-corrected chi connectivity index (χ0v) is 18.8. The van der Waals surface area contributed by atoms with Crippen LogP contribution in [0.15, 0.2) is 30.3 Å². The van der Waals surface area contributed by atoms with Gasteiger partial charge in [-0.15, -0.1) is 0 Å². The molecular formula is C20H22ClF2NO6S. The first-order chi connectivity index (χ1) is 14.5. The van der Waals surface area contributed by atoms with E-state index in [0.717, 1.165) is 0 Å². The summed E-state index contributed by atoms with van der Waals surface area (Å²) >= 11 is 6.04. The normalized spacial score (nSPS) is 12.4. The van der Waals surface area contributed by atoms with E-state index in [9.17, 15) is 22.0 Å². The standard InChI is InChI=1S/C20H22ClF2NO6S/c1-11-7-15(17(28-3)9-14(11)21)24-19(25)12(2)31(26,27)10-13-5-6-16(30-20(22)23)18(8-13)29-4/h5-9,12,20H,10H2,1-4H3,(H,24,25)/t12-/m1/s1. The third-order valence-electron chi connectivity index (χ3n) is 4.46. The first-order valence-corrected chi connectivity index (χ1v) is 11.1. The molecule has 1 N–H and O–H groups in total. The lowest BCUT2D eigenvalue weighted by Crippen LogP contribution is -2.33. The molecule has 7 nitrogen and oxygen atoms in total. The summed E-state index contributed by atoms with van der Waals surface area (Å²) in [7, 11) is -1.32. The van der Waals surface area contributed by atoms with Crippen molar-refractivity contribution >= 4 is 33.0 Å². The Morgan fingerprint density at radius 2 is 1.74 bits per heavy atom. The van der Waals surface area contributed by atoms with Crippen molar-refractivity contribution < 1.29 is 36.2 Å². The zero-order chi connectivity index (χ0) is 23.3. The second kappa shape index (κ2) is 10.1. The topological polar surface area (TPSA) is 90.9 Å². The van der Waals surface area contributed by atoms with Gasteiger partial charge < -0.3 is 19.5 Å². The molecular weight excluding hydrogens is 456 g/mol. The number of anilines is 1. The summed E-state index contributed by atoms with van der Waals surface area (Å²) in [5.74, 6) is -1.26. The summed E-state index contributed by atoms with van der Waals surface area (Å²) in [5.41, 5.74) is 1.20. The molecule has 1 amide bonds. The minimum Gasteiger partial charge on any atom is -0.495 e. The van der Waals surface area contributed by atoms with Gasteiger partial charge in [0.05, 0.1) is 25.7 Å². The van der Waals surface area contributed by atoms with Gasteiger partial charge in [-0.05, 0) is 43.2 Å². The molecule has 31 heavy (non-hydrogen) atoms. The highest BCUT2D eigenvalue weighted by atomic mass is 35.5. The maximum atomic E-state index is 12.8. The van der Waals surface area contributed by atoms with E-state index in [2.05, 4.69) is 10.1 Å². The Balaban J connectivity index is 2.20. The highest BCUT2D eigenvalue weighted by Crippen LogP contribution is 2.32. The Morgan fingerprint density at radius 3 is 2.32 bits per heavy atom. The number of carbonyl (C=O) groups excluding carboxylic acids is 1. The molecule has 0 fully saturated rings. The Hall–Kier alpha value is -2.59. The summed E-state index contributed by atoms with van der Waals surface area (Å²) in [6, 6.07) is 6.85. The average molecular weight is 478 g/mol. The maximum absolute atomic E-state index is 12.8. The quantitative estimate of drug-likeness (QED) is 0.581. The molecule has 0 saturated heterocycles. The fourth-order valence-corrected chi connectivity index (χ4v) is 4.11. The molecule has 2 rings (SSSR count). The van der Waals surface area contributed by atoms with Crippen LogP contribution < -0.4 is 19.5 Å². The van der Waals surface area contributed by atoms with Crippen LogP contribution in [0.3, 0.4) is 0 Å². The zero-order valence-electron chi connectivity index (χ0n) is 17.2. The molecule has 0 heterocycles. The van der Waals surface area contributed by atoms with Crippen molar-refractivity contribution in [2.75, 3.05) is 19.5 Å². The number of hydrogen-bond acceptors (Lipinski definition) is 6. The monoisotopic (exact) mass is 477 g/mol. The molecule has 0 saturated carbocycles. The van der Waals surface area contributed by atoms with Crippen LogP contribution in [0.2, 0.25) is 5.02 Å². The largest absolute Gasteiger partial charge is 0.495 e. The molecule has 0 aliphatic heterocycles. The Morgan fingerprint density at radius 1 is 1.10 bits per heavy atom. The van der Waals surface area contributed by atoms with Crippen molar-refractivity contribution in [3.8, 4) is 17.2 Å². The second-order valence-electron chi connectivity index (χ2n) is 6.60. The van der Waals surface area contributed by atoms with Crippen molar-refractivity contribution in [3.05, 3.63) is 46.5 Å².